The van der Waals surface area contributed by atoms with Crippen molar-refractivity contribution >= 4 is 17.3 Å². The van der Waals surface area contributed by atoms with Crippen LogP contribution in [0.3, 0.4) is 0 Å². The average Bonchev–Trinajstić information content (AvgIpc) is 2.61. The van der Waals surface area contributed by atoms with Gasteiger partial charge in [0.2, 0.25) is 0 Å². The Bertz CT molecular complexity index is 701. The number of hydrogen-bond acceptors (Lipinski definition) is 4. The summed E-state index contributed by atoms with van der Waals surface area (Å²) < 4.78 is 43.4. The third-order valence-electron chi connectivity index (χ3n) is 4.23. The van der Waals surface area contributed by atoms with E-state index in [2.05, 4.69) is 9.97 Å². The van der Waals surface area contributed by atoms with Gasteiger partial charge < -0.3 is 9.64 Å². The quantitative estimate of drug-likeness (QED) is 0.796. The van der Waals surface area contributed by atoms with Gasteiger partial charge in [-0.2, -0.15) is 13.2 Å². The van der Waals surface area contributed by atoms with Crippen molar-refractivity contribution in [3.8, 4) is 5.75 Å². The van der Waals surface area contributed by atoms with Crippen LogP contribution >= 0.6 is 11.6 Å². The summed E-state index contributed by atoms with van der Waals surface area (Å²) >= 11 is 6.01. The highest BCUT2D eigenvalue weighted by Crippen LogP contribution is 2.30. The first kappa shape index (κ1) is 17.8. The first-order valence-corrected chi connectivity index (χ1v) is 8.32. The molecular formula is C17H17ClF3N3O. The number of pyridine rings is 2. The molecule has 2 aromatic heterocycles. The van der Waals surface area contributed by atoms with Gasteiger partial charge in [0.05, 0.1) is 18.5 Å². The Labute approximate surface area is 148 Å². The van der Waals surface area contributed by atoms with Crippen molar-refractivity contribution in [1.29, 1.82) is 0 Å². The molecule has 2 aromatic rings. The summed E-state index contributed by atoms with van der Waals surface area (Å²) in [6.45, 7) is 2.07. The number of hydrogen-bond donors (Lipinski definition) is 0. The largest absolute Gasteiger partial charge is 0.492 e. The number of piperidine rings is 1. The maximum atomic E-state index is 12.6. The zero-order chi connectivity index (χ0) is 17.9. The fourth-order valence-corrected chi connectivity index (χ4v) is 2.96. The van der Waals surface area contributed by atoms with Gasteiger partial charge in [0, 0.05) is 31.5 Å². The molecule has 0 amide bonds. The van der Waals surface area contributed by atoms with E-state index in [0.29, 0.717) is 29.0 Å². The summed E-state index contributed by atoms with van der Waals surface area (Å²) in [4.78, 5) is 9.47. The third-order valence-corrected chi connectivity index (χ3v) is 4.51. The summed E-state index contributed by atoms with van der Waals surface area (Å²) in [5.74, 6) is 0.994. The lowest BCUT2D eigenvalue weighted by molar-refractivity contribution is -0.141. The van der Waals surface area contributed by atoms with Crippen molar-refractivity contribution in [1.82, 2.24) is 9.97 Å². The normalized spacial score (nSPS) is 16.1. The molecule has 0 atom stereocenters. The maximum absolute atomic E-state index is 12.6. The second kappa shape index (κ2) is 7.47. The number of rotatable bonds is 4. The molecule has 0 N–H and O–H groups in total. The lowest BCUT2D eigenvalue weighted by atomic mass is 9.97. The van der Waals surface area contributed by atoms with E-state index in [1.165, 1.54) is 18.5 Å². The van der Waals surface area contributed by atoms with E-state index in [-0.39, 0.29) is 0 Å². The molecule has 1 aliphatic heterocycles. The number of halogens is 4. The molecule has 0 spiro atoms. The van der Waals surface area contributed by atoms with Crippen LogP contribution in [0.25, 0.3) is 0 Å². The molecule has 3 rings (SSSR count). The van der Waals surface area contributed by atoms with Gasteiger partial charge in [0.15, 0.2) is 0 Å². The Morgan fingerprint density at radius 3 is 2.52 bits per heavy atom. The second-order valence-corrected chi connectivity index (χ2v) is 6.35. The molecule has 4 nitrogen and oxygen atoms in total. The van der Waals surface area contributed by atoms with Crippen molar-refractivity contribution in [3.05, 3.63) is 47.5 Å². The highest BCUT2D eigenvalue weighted by Gasteiger charge is 2.32. The van der Waals surface area contributed by atoms with Gasteiger partial charge in [-0.15, -0.1) is 0 Å². The molecule has 1 saturated heterocycles. The first-order valence-electron chi connectivity index (χ1n) is 7.94. The van der Waals surface area contributed by atoms with Crippen molar-refractivity contribution in [2.24, 2.45) is 5.92 Å². The molecule has 25 heavy (non-hydrogen) atoms. The third kappa shape index (κ3) is 4.54. The summed E-state index contributed by atoms with van der Waals surface area (Å²) in [5.41, 5.74) is -0.154. The van der Waals surface area contributed by atoms with Gasteiger partial charge in [-0.05, 0) is 30.9 Å². The van der Waals surface area contributed by atoms with Crippen molar-refractivity contribution in [3.63, 3.8) is 0 Å². The number of nitrogens with zero attached hydrogens (tertiary/aromatic N) is 3. The van der Waals surface area contributed by atoms with Crippen LogP contribution in [-0.2, 0) is 6.18 Å². The SMILES string of the molecule is FC(F)(F)c1ccc(N2CCC(COc3ccncc3Cl)CC2)cn1. The summed E-state index contributed by atoms with van der Waals surface area (Å²) in [7, 11) is 0. The zero-order valence-corrected chi connectivity index (χ0v) is 14.1. The van der Waals surface area contributed by atoms with Gasteiger partial charge in [-0.25, -0.2) is 4.98 Å². The molecule has 0 unspecified atom stereocenters. The Balaban J connectivity index is 1.51. The fourth-order valence-electron chi connectivity index (χ4n) is 2.79. The summed E-state index contributed by atoms with van der Waals surface area (Å²) in [6.07, 6.45) is 1.83. The van der Waals surface area contributed by atoms with Gasteiger partial charge in [-0.3, -0.25) is 4.98 Å². The number of alkyl halides is 3. The number of aromatic nitrogens is 2. The smallest absolute Gasteiger partial charge is 0.433 e. The second-order valence-electron chi connectivity index (χ2n) is 5.95. The van der Waals surface area contributed by atoms with Gasteiger partial charge in [-0.1, -0.05) is 11.6 Å². The number of ether oxygens (including phenoxy) is 1. The van der Waals surface area contributed by atoms with E-state index >= 15 is 0 Å². The zero-order valence-electron chi connectivity index (χ0n) is 13.3. The van der Waals surface area contributed by atoms with Crippen LogP contribution < -0.4 is 9.64 Å². The van der Waals surface area contributed by atoms with Crippen molar-refractivity contribution in [2.75, 3.05) is 24.6 Å². The van der Waals surface area contributed by atoms with Gasteiger partial charge in [0.1, 0.15) is 16.5 Å². The molecule has 3 heterocycles. The van der Waals surface area contributed by atoms with E-state index in [9.17, 15) is 13.2 Å². The Morgan fingerprint density at radius 1 is 1.16 bits per heavy atom. The van der Waals surface area contributed by atoms with E-state index in [4.69, 9.17) is 16.3 Å². The van der Waals surface area contributed by atoms with Crippen LogP contribution in [-0.4, -0.2) is 29.7 Å². The Kier molecular flexibility index (Phi) is 5.32. The molecular weight excluding hydrogens is 355 g/mol. The molecule has 134 valence electrons. The minimum Gasteiger partial charge on any atom is -0.492 e. The van der Waals surface area contributed by atoms with Gasteiger partial charge in [0.25, 0.3) is 0 Å². The van der Waals surface area contributed by atoms with E-state index in [0.717, 1.165) is 32.0 Å². The van der Waals surface area contributed by atoms with Gasteiger partial charge >= 0.3 is 6.18 Å². The van der Waals surface area contributed by atoms with Crippen LogP contribution in [0.1, 0.15) is 18.5 Å². The molecule has 0 radical (unpaired) electrons. The molecule has 0 saturated carbocycles. The highest BCUT2D eigenvalue weighted by molar-refractivity contribution is 6.31. The molecule has 0 bridgehead atoms. The molecule has 1 fully saturated rings. The maximum Gasteiger partial charge on any atom is 0.433 e. The standard InChI is InChI=1S/C17H17ClF3N3O/c18-14-10-22-6-3-15(14)25-11-12-4-7-24(8-5-12)13-1-2-16(23-9-13)17(19,20)21/h1-3,6,9-10,12H,4-5,7-8,11H2. The number of anilines is 1. The van der Waals surface area contributed by atoms with Crippen molar-refractivity contribution < 1.29 is 17.9 Å². The fraction of sp³-hybridized carbons (Fsp3) is 0.412. The van der Waals surface area contributed by atoms with Crippen LogP contribution in [0.5, 0.6) is 5.75 Å². The van der Waals surface area contributed by atoms with Crippen LogP contribution in [0, 0.1) is 5.92 Å². The molecule has 0 aromatic carbocycles. The lowest BCUT2D eigenvalue weighted by Gasteiger charge is -2.33. The predicted octanol–water partition coefficient (Wildman–Crippen LogP) is 4.44. The lowest BCUT2D eigenvalue weighted by Crippen LogP contribution is -2.35. The van der Waals surface area contributed by atoms with Crippen LogP contribution in [0.4, 0.5) is 18.9 Å². The van der Waals surface area contributed by atoms with E-state index in [1.54, 1.807) is 12.3 Å². The average molecular weight is 372 g/mol. The minimum absolute atomic E-state index is 0.378. The summed E-state index contributed by atoms with van der Waals surface area (Å²) in [6, 6.07) is 4.23. The van der Waals surface area contributed by atoms with E-state index in [1.807, 2.05) is 4.90 Å². The summed E-state index contributed by atoms with van der Waals surface area (Å²) in [5, 5.41) is 0.482. The topological polar surface area (TPSA) is 38.2 Å². The molecule has 0 aliphatic carbocycles. The van der Waals surface area contributed by atoms with Crippen molar-refractivity contribution in [2.45, 2.75) is 19.0 Å². The van der Waals surface area contributed by atoms with Crippen LogP contribution in [0.2, 0.25) is 5.02 Å². The molecule has 1 aliphatic rings. The predicted molar refractivity (Wildman–Crippen MR) is 88.9 cm³/mol. The monoisotopic (exact) mass is 371 g/mol. The minimum atomic E-state index is -4.41. The molecule has 8 heteroatoms. The van der Waals surface area contributed by atoms with E-state index < -0.39 is 11.9 Å². The first-order chi connectivity index (χ1) is 11.9. The van der Waals surface area contributed by atoms with Crippen LogP contribution in [0.15, 0.2) is 36.8 Å². The Hall–Kier alpha value is -2.02. The Morgan fingerprint density at radius 2 is 1.92 bits per heavy atom. The highest BCUT2D eigenvalue weighted by atomic mass is 35.5.